The van der Waals surface area contributed by atoms with E-state index in [1.165, 1.54) is 19.1 Å². The van der Waals surface area contributed by atoms with Gasteiger partial charge in [-0.15, -0.1) is 0 Å². The molecule has 1 amide bonds. The molecule has 1 atom stereocenters. The number of nitrogens with zero attached hydrogens (tertiary/aromatic N) is 1. The van der Waals surface area contributed by atoms with E-state index in [1.54, 1.807) is 31.2 Å². The number of aromatic nitrogens is 1. The fourth-order valence-corrected chi connectivity index (χ4v) is 3.72. The molecule has 0 aliphatic carbocycles. The molecule has 7 nitrogen and oxygen atoms in total. The number of benzene rings is 3. The van der Waals surface area contributed by atoms with Gasteiger partial charge in [-0.3, -0.25) is 10.1 Å². The predicted octanol–water partition coefficient (Wildman–Crippen LogP) is 6.53. The van der Waals surface area contributed by atoms with Crippen LogP contribution in [0.5, 0.6) is 0 Å². The second-order valence-electron chi connectivity index (χ2n) is 8.12. The van der Waals surface area contributed by atoms with Gasteiger partial charge in [-0.2, -0.15) is 0 Å². The van der Waals surface area contributed by atoms with Crippen LogP contribution in [0, 0.1) is 18.6 Å². The number of rotatable bonds is 7. The molecule has 0 saturated carbocycles. The number of nitrogens with one attached hydrogen (secondary N) is 1. The van der Waals surface area contributed by atoms with E-state index in [2.05, 4.69) is 10.5 Å². The topological polar surface area (TPSA) is 102 Å². The van der Waals surface area contributed by atoms with Crippen molar-refractivity contribution < 1.29 is 32.7 Å². The molecule has 4 rings (SSSR count). The lowest BCUT2D eigenvalue weighted by Crippen LogP contribution is -2.17. The van der Waals surface area contributed by atoms with Gasteiger partial charge in [-0.25, -0.2) is 13.6 Å². The Hall–Kier alpha value is -4.53. The first-order valence-corrected chi connectivity index (χ1v) is 11.0. The number of hydrogen-bond acceptors (Lipinski definition) is 5. The zero-order valence-electron chi connectivity index (χ0n) is 19.4. The smallest absolute Gasteiger partial charge is 0.412 e. The highest BCUT2D eigenvalue weighted by Crippen LogP contribution is 2.32. The third-order valence-electron chi connectivity index (χ3n) is 5.59. The van der Waals surface area contributed by atoms with Gasteiger partial charge in [0, 0.05) is 11.1 Å². The highest BCUT2D eigenvalue weighted by atomic mass is 19.2. The van der Waals surface area contributed by atoms with Crippen molar-refractivity contribution >= 4 is 17.7 Å². The number of aryl methyl sites for hydroxylation is 1. The molecule has 0 radical (unpaired) electrons. The summed E-state index contributed by atoms with van der Waals surface area (Å²) in [7, 11) is 0. The molecule has 2 N–H and O–H groups in total. The normalized spacial score (nSPS) is 11.7. The van der Waals surface area contributed by atoms with E-state index >= 15 is 0 Å². The summed E-state index contributed by atoms with van der Waals surface area (Å²) in [5, 5.41) is 15.5. The molecule has 1 aromatic heterocycles. The maximum atomic E-state index is 14.0. The molecule has 0 spiro atoms. The lowest BCUT2D eigenvalue weighted by atomic mass is 10.0. The standard InChI is InChI=1S/C27H22F2N2O5/c1-15(21-4-3-5-22(28)24(21)29)35-27(34)30-25-16(2)36-31-26(25)20-12-10-19(11-13-20)18-8-6-17(7-9-18)14-23(32)33/h3-13,15H,14H2,1-2H3,(H,30,34)(H,32,33). The molecule has 3 aromatic carbocycles. The van der Waals surface area contributed by atoms with Crippen LogP contribution >= 0.6 is 0 Å². The van der Waals surface area contributed by atoms with Gasteiger partial charge in [-0.1, -0.05) is 65.8 Å². The number of ether oxygens (including phenoxy) is 1. The van der Waals surface area contributed by atoms with Crippen LogP contribution in [-0.4, -0.2) is 22.3 Å². The molecule has 184 valence electrons. The Morgan fingerprint density at radius 1 is 1.00 bits per heavy atom. The number of aliphatic carboxylic acids is 1. The summed E-state index contributed by atoms with van der Waals surface area (Å²) in [6.45, 7) is 3.06. The average Bonchev–Trinajstić information content (AvgIpc) is 3.20. The van der Waals surface area contributed by atoms with Gasteiger partial charge >= 0.3 is 12.1 Å². The van der Waals surface area contributed by atoms with Crippen LogP contribution in [0.15, 0.2) is 71.3 Å². The summed E-state index contributed by atoms with van der Waals surface area (Å²) < 4.78 is 38.0. The van der Waals surface area contributed by atoms with Crippen LogP contribution in [0.3, 0.4) is 0 Å². The maximum absolute atomic E-state index is 14.0. The van der Waals surface area contributed by atoms with Gasteiger partial charge in [0.15, 0.2) is 17.4 Å². The number of amides is 1. The van der Waals surface area contributed by atoms with Gasteiger partial charge in [-0.05, 0) is 36.6 Å². The van der Waals surface area contributed by atoms with E-state index in [4.69, 9.17) is 14.4 Å². The average molecular weight is 492 g/mol. The third kappa shape index (κ3) is 5.41. The summed E-state index contributed by atoms with van der Waals surface area (Å²) in [5.41, 5.74) is 3.76. The van der Waals surface area contributed by atoms with Crippen molar-refractivity contribution in [1.82, 2.24) is 5.16 Å². The first kappa shape index (κ1) is 24.6. The van der Waals surface area contributed by atoms with Crippen molar-refractivity contribution in [3.63, 3.8) is 0 Å². The first-order valence-electron chi connectivity index (χ1n) is 11.0. The Labute approximate surface area is 205 Å². The Bertz CT molecular complexity index is 1400. The Kier molecular flexibility index (Phi) is 7.10. The molecule has 1 unspecified atom stereocenters. The van der Waals surface area contributed by atoms with Crippen molar-refractivity contribution in [3.05, 3.63) is 95.3 Å². The van der Waals surface area contributed by atoms with Crippen LogP contribution < -0.4 is 5.32 Å². The molecular formula is C27H22F2N2O5. The van der Waals surface area contributed by atoms with E-state index in [1.807, 2.05) is 24.3 Å². The number of anilines is 1. The molecular weight excluding hydrogens is 470 g/mol. The minimum atomic E-state index is -1.07. The molecule has 0 aliphatic rings. The predicted molar refractivity (Wildman–Crippen MR) is 128 cm³/mol. The van der Waals surface area contributed by atoms with Crippen LogP contribution in [0.4, 0.5) is 19.3 Å². The number of hydrogen-bond donors (Lipinski definition) is 2. The zero-order chi connectivity index (χ0) is 25.8. The van der Waals surface area contributed by atoms with Gasteiger partial charge < -0.3 is 14.4 Å². The van der Waals surface area contributed by atoms with Crippen molar-refractivity contribution in [2.75, 3.05) is 5.32 Å². The van der Waals surface area contributed by atoms with Gasteiger partial charge in [0.25, 0.3) is 0 Å². The van der Waals surface area contributed by atoms with Crippen molar-refractivity contribution in [2.45, 2.75) is 26.4 Å². The van der Waals surface area contributed by atoms with Gasteiger partial charge in [0.05, 0.1) is 6.42 Å². The van der Waals surface area contributed by atoms with Crippen molar-refractivity contribution in [3.8, 4) is 22.4 Å². The largest absolute Gasteiger partial charge is 0.481 e. The van der Waals surface area contributed by atoms with E-state index < -0.39 is 29.8 Å². The number of carbonyl (C=O) groups is 2. The molecule has 9 heteroatoms. The summed E-state index contributed by atoms with van der Waals surface area (Å²) in [4.78, 5) is 23.4. The van der Waals surface area contributed by atoms with Crippen LogP contribution in [0.2, 0.25) is 0 Å². The van der Waals surface area contributed by atoms with Crippen molar-refractivity contribution in [1.29, 1.82) is 0 Å². The van der Waals surface area contributed by atoms with Gasteiger partial charge in [0.1, 0.15) is 17.5 Å². The van der Waals surface area contributed by atoms with E-state index in [-0.39, 0.29) is 17.7 Å². The Balaban J connectivity index is 1.48. The zero-order valence-corrected chi connectivity index (χ0v) is 19.4. The number of carboxylic acid groups (broad SMARTS) is 1. The van der Waals surface area contributed by atoms with Crippen LogP contribution in [0.1, 0.15) is 29.9 Å². The molecule has 4 aromatic rings. The van der Waals surface area contributed by atoms with Gasteiger partial charge in [0.2, 0.25) is 0 Å². The minimum absolute atomic E-state index is 0.0428. The minimum Gasteiger partial charge on any atom is -0.481 e. The highest BCUT2D eigenvalue weighted by molar-refractivity contribution is 5.91. The van der Waals surface area contributed by atoms with E-state index in [0.717, 1.165) is 17.2 Å². The molecule has 36 heavy (non-hydrogen) atoms. The second-order valence-corrected chi connectivity index (χ2v) is 8.12. The highest BCUT2D eigenvalue weighted by Gasteiger charge is 2.22. The summed E-state index contributed by atoms with van der Waals surface area (Å²) >= 11 is 0. The molecule has 0 fully saturated rings. The number of carbonyl (C=O) groups excluding carboxylic acids is 1. The fourth-order valence-electron chi connectivity index (χ4n) is 3.72. The maximum Gasteiger partial charge on any atom is 0.412 e. The summed E-state index contributed by atoms with van der Waals surface area (Å²) in [5.74, 6) is -2.65. The first-order chi connectivity index (χ1) is 17.2. The Morgan fingerprint density at radius 3 is 2.25 bits per heavy atom. The van der Waals surface area contributed by atoms with E-state index in [9.17, 15) is 18.4 Å². The molecule has 0 aliphatic heterocycles. The molecule has 0 saturated heterocycles. The Morgan fingerprint density at radius 2 is 1.61 bits per heavy atom. The monoisotopic (exact) mass is 492 g/mol. The van der Waals surface area contributed by atoms with Crippen LogP contribution in [-0.2, 0) is 16.0 Å². The quantitative estimate of drug-likeness (QED) is 0.304. The summed E-state index contributed by atoms with van der Waals surface area (Å²) in [6.07, 6.45) is -1.96. The number of halogens is 2. The third-order valence-corrected chi connectivity index (χ3v) is 5.59. The second kappa shape index (κ2) is 10.4. The molecule has 1 heterocycles. The fraction of sp³-hybridized carbons (Fsp3) is 0.148. The molecule has 0 bridgehead atoms. The van der Waals surface area contributed by atoms with E-state index in [0.29, 0.717) is 22.6 Å². The SMILES string of the molecule is Cc1onc(-c2ccc(-c3ccc(CC(=O)O)cc3)cc2)c1NC(=O)OC(C)c1cccc(F)c1F. The lowest BCUT2D eigenvalue weighted by molar-refractivity contribution is -0.136. The van der Waals surface area contributed by atoms with Crippen LogP contribution in [0.25, 0.3) is 22.4 Å². The summed E-state index contributed by atoms with van der Waals surface area (Å²) in [6, 6.07) is 18.2. The van der Waals surface area contributed by atoms with Crippen molar-refractivity contribution in [2.24, 2.45) is 0 Å². The number of carboxylic acids is 1. The lowest BCUT2D eigenvalue weighted by Gasteiger charge is -2.15.